The maximum absolute atomic E-state index is 9.76. The zero-order valence-electron chi connectivity index (χ0n) is 6.48. The van der Waals surface area contributed by atoms with Crippen LogP contribution in [0.4, 0.5) is 0 Å². The summed E-state index contributed by atoms with van der Waals surface area (Å²) in [6.45, 7) is 1.98. The van der Waals surface area contributed by atoms with Gasteiger partial charge in [-0.15, -0.1) is 0 Å². The van der Waals surface area contributed by atoms with Gasteiger partial charge in [-0.05, 0) is 6.42 Å². The van der Waals surface area contributed by atoms with Gasteiger partial charge in [0.25, 0.3) is 0 Å². The van der Waals surface area contributed by atoms with E-state index in [4.69, 9.17) is 5.11 Å². The summed E-state index contributed by atoms with van der Waals surface area (Å²) in [5.41, 5.74) is 0. The Morgan fingerprint density at radius 1 is 1.75 bits per heavy atom. The third-order valence-corrected chi connectivity index (χ3v) is 0.744. The smallest absolute Gasteiger partial charge is 1.00 e. The molecule has 44 valence electrons. The van der Waals surface area contributed by atoms with Crippen molar-refractivity contribution in [1.29, 1.82) is 0 Å². The van der Waals surface area contributed by atoms with Crippen LogP contribution in [-0.2, 0) is 4.79 Å². The first kappa shape index (κ1) is 10.9. The third-order valence-electron chi connectivity index (χ3n) is 0.744. The molecule has 0 radical (unpaired) electrons. The Balaban J connectivity index is -0.000000180. The SMILES string of the molecule is CCCCC(=O)O.[H-].[Li+]. The maximum Gasteiger partial charge on any atom is 1.00 e. The van der Waals surface area contributed by atoms with E-state index in [2.05, 4.69) is 0 Å². The van der Waals surface area contributed by atoms with Gasteiger partial charge in [0.1, 0.15) is 0 Å². The van der Waals surface area contributed by atoms with Crippen LogP contribution < -0.4 is 18.9 Å². The van der Waals surface area contributed by atoms with E-state index in [1.54, 1.807) is 0 Å². The van der Waals surface area contributed by atoms with Crippen molar-refractivity contribution in [3.05, 3.63) is 0 Å². The number of carboxylic acids is 1. The molecule has 0 amide bonds. The fourth-order valence-corrected chi connectivity index (χ4v) is 0.328. The van der Waals surface area contributed by atoms with E-state index in [-0.39, 0.29) is 20.3 Å². The van der Waals surface area contributed by atoms with Gasteiger partial charge in [0.15, 0.2) is 0 Å². The van der Waals surface area contributed by atoms with Crippen molar-refractivity contribution in [1.82, 2.24) is 0 Å². The molecule has 0 spiro atoms. The first-order valence-electron chi connectivity index (χ1n) is 2.49. The average molecular weight is 110 g/mol. The molecule has 0 aliphatic rings. The van der Waals surface area contributed by atoms with Gasteiger partial charge in [0.05, 0.1) is 0 Å². The van der Waals surface area contributed by atoms with Crippen LogP contribution in [0.5, 0.6) is 0 Å². The van der Waals surface area contributed by atoms with Crippen molar-refractivity contribution in [3.8, 4) is 0 Å². The zero-order valence-corrected chi connectivity index (χ0v) is 5.48. The largest absolute Gasteiger partial charge is 1.00 e. The minimum absolute atomic E-state index is 0. The molecule has 0 aromatic heterocycles. The normalized spacial score (nSPS) is 7.62. The monoisotopic (exact) mass is 110 g/mol. The molecule has 3 heteroatoms. The molecule has 0 aliphatic carbocycles. The summed E-state index contributed by atoms with van der Waals surface area (Å²) in [5, 5.41) is 8.04. The van der Waals surface area contributed by atoms with E-state index in [1.165, 1.54) is 0 Å². The quantitative estimate of drug-likeness (QED) is 0.443. The van der Waals surface area contributed by atoms with Gasteiger partial charge in [0, 0.05) is 6.42 Å². The maximum atomic E-state index is 9.76. The van der Waals surface area contributed by atoms with Crippen LogP contribution in [-0.4, -0.2) is 11.1 Å². The first-order chi connectivity index (χ1) is 3.27. The number of unbranched alkanes of at least 4 members (excludes halogenated alkanes) is 1. The number of carboxylic acid groups (broad SMARTS) is 1. The Bertz CT molecular complexity index is 68.0. The van der Waals surface area contributed by atoms with Crippen molar-refractivity contribution in [2.75, 3.05) is 0 Å². The Labute approximate surface area is 62.9 Å². The Morgan fingerprint density at radius 2 is 2.25 bits per heavy atom. The molecule has 0 aliphatic heterocycles. The van der Waals surface area contributed by atoms with Crippen molar-refractivity contribution in [3.63, 3.8) is 0 Å². The molecule has 2 nitrogen and oxygen atoms in total. The summed E-state index contributed by atoms with van der Waals surface area (Å²) >= 11 is 0. The predicted molar refractivity (Wildman–Crippen MR) is 28.3 cm³/mol. The van der Waals surface area contributed by atoms with Gasteiger partial charge in [0.2, 0.25) is 0 Å². The van der Waals surface area contributed by atoms with Crippen LogP contribution >= 0.6 is 0 Å². The van der Waals surface area contributed by atoms with Crippen LogP contribution in [0.15, 0.2) is 0 Å². The molecule has 0 aromatic rings. The molecule has 0 bridgehead atoms. The number of hydrogen-bond donors (Lipinski definition) is 1. The van der Waals surface area contributed by atoms with Crippen molar-refractivity contribution in [2.24, 2.45) is 0 Å². The molecule has 1 N–H and O–H groups in total. The third kappa shape index (κ3) is 9.42. The van der Waals surface area contributed by atoms with Gasteiger partial charge in [-0.2, -0.15) is 0 Å². The van der Waals surface area contributed by atoms with E-state index in [0.717, 1.165) is 12.8 Å². The second-order valence-corrected chi connectivity index (χ2v) is 1.50. The van der Waals surface area contributed by atoms with E-state index < -0.39 is 5.97 Å². The van der Waals surface area contributed by atoms with E-state index in [9.17, 15) is 4.79 Å². The summed E-state index contributed by atoms with van der Waals surface area (Å²) in [7, 11) is 0. The first-order valence-corrected chi connectivity index (χ1v) is 2.49. The molecule has 0 saturated carbocycles. The molecule has 0 fully saturated rings. The molecule has 8 heavy (non-hydrogen) atoms. The molecular weight excluding hydrogens is 99.0 g/mol. The summed E-state index contributed by atoms with van der Waals surface area (Å²) < 4.78 is 0. The van der Waals surface area contributed by atoms with Crippen molar-refractivity contribution < 1.29 is 30.2 Å². The Morgan fingerprint density at radius 3 is 2.38 bits per heavy atom. The van der Waals surface area contributed by atoms with Crippen molar-refractivity contribution >= 4 is 5.97 Å². The fourth-order valence-electron chi connectivity index (χ4n) is 0.328. The number of carbonyl (C=O) groups is 1. The minimum Gasteiger partial charge on any atom is -1.00 e. The van der Waals surface area contributed by atoms with Gasteiger partial charge in [-0.1, -0.05) is 13.3 Å². The second-order valence-electron chi connectivity index (χ2n) is 1.50. The predicted octanol–water partition coefficient (Wildman–Crippen LogP) is -1.62. The van der Waals surface area contributed by atoms with Gasteiger partial charge < -0.3 is 6.53 Å². The van der Waals surface area contributed by atoms with Crippen LogP contribution in [0.25, 0.3) is 0 Å². The molecular formula is C5H11LiO2. The van der Waals surface area contributed by atoms with E-state index >= 15 is 0 Å². The van der Waals surface area contributed by atoms with E-state index in [0.29, 0.717) is 6.42 Å². The Kier molecular flexibility index (Phi) is 9.67. The van der Waals surface area contributed by atoms with Gasteiger partial charge in [-0.25, -0.2) is 0 Å². The average Bonchev–Trinajstić information content (AvgIpc) is 1.61. The summed E-state index contributed by atoms with van der Waals surface area (Å²) in [6, 6.07) is 0. The summed E-state index contributed by atoms with van der Waals surface area (Å²) in [4.78, 5) is 9.76. The molecule has 0 heterocycles. The number of rotatable bonds is 3. The zero-order chi connectivity index (χ0) is 5.70. The summed E-state index contributed by atoms with van der Waals surface area (Å²) in [6.07, 6.45) is 2.08. The Hall–Kier alpha value is 0.0674. The van der Waals surface area contributed by atoms with Crippen LogP contribution in [0.1, 0.15) is 27.6 Å². The second kappa shape index (κ2) is 7.07. The molecule has 0 unspecified atom stereocenters. The van der Waals surface area contributed by atoms with Crippen molar-refractivity contribution in [2.45, 2.75) is 26.2 Å². The van der Waals surface area contributed by atoms with E-state index in [1.807, 2.05) is 6.92 Å². The van der Waals surface area contributed by atoms with Crippen LogP contribution in [0.2, 0.25) is 0 Å². The minimum atomic E-state index is -0.693. The van der Waals surface area contributed by atoms with Crippen LogP contribution in [0.3, 0.4) is 0 Å². The molecule has 0 saturated heterocycles. The van der Waals surface area contributed by atoms with Gasteiger partial charge >= 0.3 is 24.8 Å². The molecule has 0 rings (SSSR count). The topological polar surface area (TPSA) is 37.3 Å². The van der Waals surface area contributed by atoms with Gasteiger partial charge in [-0.3, -0.25) is 4.79 Å². The molecule has 0 aromatic carbocycles. The van der Waals surface area contributed by atoms with Crippen LogP contribution in [0, 0.1) is 0 Å². The fraction of sp³-hybridized carbons (Fsp3) is 0.800. The number of hydrogen-bond acceptors (Lipinski definition) is 1. The summed E-state index contributed by atoms with van der Waals surface area (Å²) in [5.74, 6) is -0.693. The molecule has 0 atom stereocenters. The standard InChI is InChI=1S/C5H10O2.Li.H/c1-2-3-4-5(6)7;;/h2-4H2,1H3,(H,6,7);;/q;+1;-1. The number of aliphatic carboxylic acids is 1.